The highest BCUT2D eigenvalue weighted by Crippen LogP contribution is 2.46. The molecule has 0 spiro atoms. The zero-order valence-electron chi connectivity index (χ0n) is 19.5. The van der Waals surface area contributed by atoms with Gasteiger partial charge in [0.1, 0.15) is 7.05 Å². The first-order valence-electron chi connectivity index (χ1n) is 10.4. The summed E-state index contributed by atoms with van der Waals surface area (Å²) in [4.78, 5) is 2.29. The van der Waals surface area contributed by atoms with Crippen molar-refractivity contribution in [2.24, 2.45) is 5.41 Å². The zero-order chi connectivity index (χ0) is 22.3. The van der Waals surface area contributed by atoms with E-state index < -0.39 is 0 Å². The summed E-state index contributed by atoms with van der Waals surface area (Å²) in [6.45, 7) is 11.9. The first-order valence-corrected chi connectivity index (χ1v) is 10.8. The van der Waals surface area contributed by atoms with E-state index in [9.17, 15) is 0 Å². The molecule has 0 atom stereocenters. The molecule has 3 rings (SSSR count). The van der Waals surface area contributed by atoms with Crippen molar-refractivity contribution in [2.75, 3.05) is 27.8 Å². The van der Waals surface area contributed by atoms with E-state index >= 15 is 0 Å². The fourth-order valence-corrected chi connectivity index (χ4v) is 4.84. The van der Waals surface area contributed by atoms with Crippen LogP contribution in [0.5, 0.6) is 0 Å². The van der Waals surface area contributed by atoms with Gasteiger partial charge in [0.05, 0.1) is 12.0 Å². The lowest BCUT2D eigenvalue weighted by Crippen LogP contribution is -2.26. The molecule has 0 aromatic heterocycles. The summed E-state index contributed by atoms with van der Waals surface area (Å²) in [6.07, 6.45) is 10.9. The fourth-order valence-electron chi connectivity index (χ4n) is 4.66. The number of rotatable bonds is 5. The van der Waals surface area contributed by atoms with Crippen molar-refractivity contribution in [1.29, 1.82) is 0 Å². The topological polar surface area (TPSA) is 15.5 Å². The van der Waals surface area contributed by atoms with Crippen molar-refractivity contribution in [1.82, 2.24) is 4.90 Å². The predicted molar refractivity (Wildman–Crippen MR) is 128 cm³/mol. The highest BCUT2D eigenvalue weighted by Gasteiger charge is 2.43. The minimum absolute atomic E-state index is 0.0237. The van der Waals surface area contributed by atoms with E-state index in [-0.39, 0.29) is 10.8 Å². The highest BCUT2D eigenvalue weighted by molar-refractivity contribution is 6.30. The van der Waals surface area contributed by atoms with E-state index in [1.54, 1.807) is 7.11 Å². The van der Waals surface area contributed by atoms with Gasteiger partial charge in [-0.15, -0.1) is 0 Å². The third-order valence-corrected chi connectivity index (χ3v) is 6.96. The van der Waals surface area contributed by atoms with Crippen LogP contribution in [0.25, 0.3) is 0 Å². The van der Waals surface area contributed by atoms with Crippen LogP contribution in [-0.2, 0) is 10.2 Å². The van der Waals surface area contributed by atoms with Crippen LogP contribution in [0.15, 0.2) is 65.5 Å². The quantitative estimate of drug-likeness (QED) is 0.519. The van der Waals surface area contributed by atoms with Crippen LogP contribution >= 0.6 is 11.6 Å². The zero-order valence-corrected chi connectivity index (χ0v) is 20.3. The smallest absolute Gasteiger partial charge is 0.209 e. The molecule has 0 aliphatic carbocycles. The monoisotopic (exact) mass is 425 g/mol. The van der Waals surface area contributed by atoms with Crippen LogP contribution in [0.3, 0.4) is 0 Å². The van der Waals surface area contributed by atoms with Gasteiger partial charge >= 0.3 is 0 Å². The lowest BCUT2D eigenvalue weighted by atomic mass is 9.81. The molecule has 1 aromatic carbocycles. The largest absolute Gasteiger partial charge is 0.381 e. The SMILES string of the molecule is COC/C=C\C1=C(C)C(C)(C)/C(=C\C=C\C2=[N+](C)c3ccc(Cl)cc3C2(C)C)N1C. The average molecular weight is 426 g/mol. The maximum Gasteiger partial charge on any atom is 0.209 e. The van der Waals surface area contributed by atoms with Gasteiger partial charge in [-0.25, -0.2) is 0 Å². The first kappa shape index (κ1) is 22.6. The molecule has 0 saturated carbocycles. The second-order valence-electron chi connectivity index (χ2n) is 9.19. The summed E-state index contributed by atoms with van der Waals surface area (Å²) in [5.41, 5.74) is 7.53. The second kappa shape index (κ2) is 8.20. The molecule has 3 nitrogen and oxygen atoms in total. The Labute approximate surface area is 186 Å². The van der Waals surface area contributed by atoms with E-state index in [2.05, 4.69) is 101 Å². The minimum atomic E-state index is -0.0939. The fraction of sp³-hybridized carbons (Fsp3) is 0.423. The van der Waals surface area contributed by atoms with E-state index in [0.29, 0.717) is 6.61 Å². The summed E-state index contributed by atoms with van der Waals surface area (Å²) < 4.78 is 7.44. The van der Waals surface area contributed by atoms with Crippen molar-refractivity contribution in [3.63, 3.8) is 0 Å². The number of fused-ring (bicyclic) bond motifs is 1. The van der Waals surface area contributed by atoms with E-state index in [0.717, 1.165) is 5.02 Å². The lowest BCUT2D eigenvalue weighted by Gasteiger charge is -2.25. The number of hydrogen-bond donors (Lipinski definition) is 0. The summed E-state index contributed by atoms with van der Waals surface area (Å²) in [6, 6.07) is 6.16. The number of ether oxygens (including phenoxy) is 1. The Kier molecular flexibility index (Phi) is 6.18. The maximum absolute atomic E-state index is 6.28. The Morgan fingerprint density at radius 3 is 2.50 bits per heavy atom. The van der Waals surface area contributed by atoms with Crippen LogP contribution in [0.1, 0.15) is 40.2 Å². The Balaban J connectivity index is 1.92. The van der Waals surface area contributed by atoms with Gasteiger partial charge < -0.3 is 9.64 Å². The molecule has 160 valence electrons. The molecule has 2 heterocycles. The Hall–Kier alpha value is -2.10. The normalized spacial score (nSPS) is 21.8. The molecule has 2 aliphatic heterocycles. The molecule has 2 aliphatic rings. The minimum Gasteiger partial charge on any atom is -0.381 e. The standard InChI is InChI=1S/C26H34ClN2O/c1-18-21(11-10-16-30-8)28(6)23(25(18,2)3)12-9-13-24-26(4,5)20-17-19(27)14-15-22(20)29(24)7/h9-15,17H,16H2,1-8H3/q+1/b11-10-. The van der Waals surface area contributed by atoms with Gasteiger partial charge in [-0.2, -0.15) is 4.58 Å². The molecule has 0 unspecified atom stereocenters. The number of methoxy groups -OCH3 is 1. The van der Waals surface area contributed by atoms with E-state index in [4.69, 9.17) is 16.3 Å². The van der Waals surface area contributed by atoms with Crippen LogP contribution in [-0.4, -0.2) is 43.0 Å². The van der Waals surface area contributed by atoms with Gasteiger partial charge in [0.15, 0.2) is 5.71 Å². The molecule has 0 saturated heterocycles. The first-order chi connectivity index (χ1) is 14.0. The van der Waals surface area contributed by atoms with Crippen molar-refractivity contribution in [3.8, 4) is 0 Å². The average Bonchev–Trinajstić information content (AvgIpc) is 2.96. The van der Waals surface area contributed by atoms with Crippen molar-refractivity contribution >= 4 is 23.0 Å². The van der Waals surface area contributed by atoms with E-state index in [1.807, 2.05) is 6.07 Å². The van der Waals surface area contributed by atoms with Crippen LogP contribution in [0, 0.1) is 5.41 Å². The number of nitrogens with zero attached hydrogens (tertiary/aromatic N) is 2. The van der Waals surface area contributed by atoms with Gasteiger partial charge in [-0.05, 0) is 50.6 Å². The third kappa shape index (κ3) is 3.70. The van der Waals surface area contributed by atoms with Gasteiger partial charge in [-0.1, -0.05) is 37.6 Å². The van der Waals surface area contributed by atoms with Crippen molar-refractivity contribution in [2.45, 2.75) is 40.0 Å². The highest BCUT2D eigenvalue weighted by atomic mass is 35.5. The molecule has 0 N–H and O–H groups in total. The molecule has 30 heavy (non-hydrogen) atoms. The summed E-state index contributed by atoms with van der Waals surface area (Å²) >= 11 is 6.28. The number of halogens is 1. The molecule has 0 fully saturated rings. The van der Waals surface area contributed by atoms with E-state index in [1.165, 1.54) is 33.9 Å². The lowest BCUT2D eigenvalue weighted by molar-refractivity contribution is -0.401. The predicted octanol–water partition coefficient (Wildman–Crippen LogP) is 6.23. The van der Waals surface area contributed by atoms with Crippen molar-refractivity contribution < 1.29 is 9.31 Å². The maximum atomic E-state index is 6.28. The van der Waals surface area contributed by atoms with Gasteiger partial charge in [0.25, 0.3) is 0 Å². The summed E-state index contributed by atoms with van der Waals surface area (Å²) in [7, 11) is 5.99. The van der Waals surface area contributed by atoms with Crippen molar-refractivity contribution in [3.05, 3.63) is 76.1 Å². The van der Waals surface area contributed by atoms with Gasteiger partial charge in [0.2, 0.25) is 5.69 Å². The summed E-state index contributed by atoms with van der Waals surface area (Å²) in [5.74, 6) is 0. The van der Waals surface area contributed by atoms with Gasteiger partial charge in [-0.3, -0.25) is 0 Å². The van der Waals surface area contributed by atoms with Crippen LogP contribution in [0.2, 0.25) is 5.02 Å². The number of hydrogen-bond acceptors (Lipinski definition) is 2. The third-order valence-electron chi connectivity index (χ3n) is 6.73. The van der Waals surface area contributed by atoms with Gasteiger partial charge in [0, 0.05) is 53.7 Å². The molecule has 0 amide bonds. The molecule has 1 aromatic rings. The number of benzene rings is 1. The Morgan fingerprint density at radius 2 is 1.83 bits per heavy atom. The molecular formula is C26H34ClN2O+. The Bertz CT molecular complexity index is 1010. The van der Waals surface area contributed by atoms with Crippen LogP contribution < -0.4 is 0 Å². The summed E-state index contributed by atoms with van der Waals surface area (Å²) in [5, 5.41) is 0.785. The molecule has 4 heteroatoms. The molecular weight excluding hydrogens is 392 g/mol. The van der Waals surface area contributed by atoms with Crippen LogP contribution in [0.4, 0.5) is 5.69 Å². The number of likely N-dealkylation sites (N-methyl/N-ethyl adjacent to an activating group) is 1. The molecule has 0 radical (unpaired) electrons. The number of allylic oxidation sites excluding steroid dienone is 5. The second-order valence-corrected chi connectivity index (χ2v) is 9.63. The Morgan fingerprint density at radius 1 is 1.13 bits per heavy atom. The molecule has 0 bridgehead atoms.